The molecule has 0 bridgehead atoms. The van der Waals surface area contributed by atoms with E-state index in [0.717, 1.165) is 43.0 Å². The van der Waals surface area contributed by atoms with Crippen LogP contribution in [0, 0.1) is 11.3 Å². The second-order valence-corrected chi connectivity index (χ2v) is 11.2. The third-order valence-electron chi connectivity index (χ3n) is 8.77. The van der Waals surface area contributed by atoms with Gasteiger partial charge >= 0.3 is 6.01 Å². The van der Waals surface area contributed by atoms with E-state index >= 15 is 0 Å². The maximum atomic E-state index is 12.5. The molecule has 1 amide bonds. The molecule has 2 atom stereocenters. The molecule has 0 spiro atoms. The standard InChI is InChI=1S/C32H37N7O2/c1-3-30(40)39-19-18-38(20-24(39)13-15-33)31-27-14-17-37(29-12-6-9-23-8-4-5-11-26(23)29)21-28(27)34-32(35-31)41-22-25-10-7-16-36(25)2/h3-6,8-9,11-12,24-25H,1,7,10,13-14,16-22H2,2H3/t24-,25-/m0/s1. The number of hydrogen-bond donors (Lipinski definition) is 0. The topological polar surface area (TPSA) is 88.8 Å². The number of likely N-dealkylation sites (tertiary alicyclic amines) is 1. The first-order valence-electron chi connectivity index (χ1n) is 14.6. The highest BCUT2D eigenvalue weighted by Gasteiger charge is 2.33. The second-order valence-electron chi connectivity index (χ2n) is 11.2. The highest BCUT2D eigenvalue weighted by molar-refractivity contribution is 5.94. The fourth-order valence-corrected chi connectivity index (χ4v) is 6.50. The van der Waals surface area contributed by atoms with E-state index in [-0.39, 0.29) is 18.4 Å². The van der Waals surface area contributed by atoms with Gasteiger partial charge in [-0.2, -0.15) is 15.2 Å². The molecule has 1 aromatic heterocycles. The number of anilines is 2. The smallest absolute Gasteiger partial charge is 0.318 e. The number of carbonyl (C=O) groups excluding carboxylic acids is 1. The average molecular weight is 552 g/mol. The van der Waals surface area contributed by atoms with Crippen molar-refractivity contribution in [3.8, 4) is 12.1 Å². The Morgan fingerprint density at radius 3 is 2.76 bits per heavy atom. The van der Waals surface area contributed by atoms with E-state index in [9.17, 15) is 10.1 Å². The van der Waals surface area contributed by atoms with Crippen LogP contribution in [-0.4, -0.2) is 84.1 Å². The molecule has 3 aliphatic rings. The number of rotatable bonds is 7. The van der Waals surface area contributed by atoms with Crippen molar-refractivity contribution >= 4 is 28.2 Å². The second kappa shape index (κ2) is 11.8. The normalized spacial score (nSPS) is 21.0. The molecule has 9 heteroatoms. The van der Waals surface area contributed by atoms with E-state index < -0.39 is 0 Å². The lowest BCUT2D eigenvalue weighted by Gasteiger charge is -2.42. The largest absolute Gasteiger partial charge is 0.462 e. The fraction of sp³-hybridized carbons (Fsp3) is 0.438. The van der Waals surface area contributed by atoms with Crippen molar-refractivity contribution < 1.29 is 9.53 Å². The molecule has 0 saturated carbocycles. The molecule has 0 radical (unpaired) electrons. The monoisotopic (exact) mass is 551 g/mol. The minimum atomic E-state index is -0.225. The first kappa shape index (κ1) is 27.0. The van der Waals surface area contributed by atoms with Crippen molar-refractivity contribution in [1.82, 2.24) is 19.8 Å². The molecule has 2 saturated heterocycles. The first-order chi connectivity index (χ1) is 20.1. The molecule has 9 nitrogen and oxygen atoms in total. The van der Waals surface area contributed by atoms with Crippen molar-refractivity contribution in [2.75, 3.05) is 56.2 Å². The summed E-state index contributed by atoms with van der Waals surface area (Å²) in [5, 5.41) is 12.0. The summed E-state index contributed by atoms with van der Waals surface area (Å²) in [6.45, 7) is 8.48. The summed E-state index contributed by atoms with van der Waals surface area (Å²) in [6.07, 6.45) is 4.68. The summed E-state index contributed by atoms with van der Waals surface area (Å²) in [6, 6.07) is 17.7. The molecule has 3 aliphatic heterocycles. The number of aromatic nitrogens is 2. The Bertz CT molecular complexity index is 1480. The zero-order valence-corrected chi connectivity index (χ0v) is 23.7. The van der Waals surface area contributed by atoms with Gasteiger partial charge in [-0.3, -0.25) is 4.79 Å². The van der Waals surface area contributed by atoms with Crippen molar-refractivity contribution in [1.29, 1.82) is 5.26 Å². The van der Waals surface area contributed by atoms with Crippen LogP contribution in [0.3, 0.4) is 0 Å². The summed E-state index contributed by atoms with van der Waals surface area (Å²) >= 11 is 0. The van der Waals surface area contributed by atoms with Gasteiger partial charge in [0.25, 0.3) is 0 Å². The highest BCUT2D eigenvalue weighted by Crippen LogP contribution is 2.35. The lowest BCUT2D eigenvalue weighted by molar-refractivity contribution is -0.128. The molecule has 0 unspecified atom stereocenters. The third kappa shape index (κ3) is 5.44. The summed E-state index contributed by atoms with van der Waals surface area (Å²) < 4.78 is 6.28. The number of likely N-dealkylation sites (N-methyl/N-ethyl adjacent to an activating group) is 1. The maximum Gasteiger partial charge on any atom is 0.318 e. The number of piperazine rings is 1. The molecule has 3 aromatic rings. The van der Waals surface area contributed by atoms with Crippen LogP contribution in [0.15, 0.2) is 55.1 Å². The molecule has 0 N–H and O–H groups in total. The van der Waals surface area contributed by atoms with Gasteiger partial charge < -0.3 is 24.3 Å². The van der Waals surface area contributed by atoms with Gasteiger partial charge in [0, 0.05) is 48.9 Å². The van der Waals surface area contributed by atoms with Gasteiger partial charge in [0.1, 0.15) is 12.4 Å². The molecule has 41 heavy (non-hydrogen) atoms. The highest BCUT2D eigenvalue weighted by atomic mass is 16.5. The Kier molecular flexibility index (Phi) is 7.75. The van der Waals surface area contributed by atoms with E-state index in [2.05, 4.69) is 76.9 Å². The molecule has 4 heterocycles. The van der Waals surface area contributed by atoms with E-state index in [4.69, 9.17) is 14.7 Å². The Hall–Kier alpha value is -4.16. The van der Waals surface area contributed by atoms with Crippen LogP contribution in [0.5, 0.6) is 6.01 Å². The van der Waals surface area contributed by atoms with Crippen molar-refractivity contribution in [3.05, 3.63) is 66.4 Å². The van der Waals surface area contributed by atoms with Gasteiger partial charge in [0.15, 0.2) is 0 Å². The SMILES string of the molecule is C=CC(=O)N1CCN(c2nc(OC[C@@H]3CCCN3C)nc3c2CCN(c2cccc4ccccc24)C3)C[C@@H]1CC#N. The van der Waals surface area contributed by atoms with Crippen LogP contribution in [0.1, 0.15) is 30.5 Å². The Morgan fingerprint density at radius 2 is 1.95 bits per heavy atom. The predicted molar refractivity (Wildman–Crippen MR) is 160 cm³/mol. The number of fused-ring (bicyclic) bond motifs is 2. The fourth-order valence-electron chi connectivity index (χ4n) is 6.50. The van der Waals surface area contributed by atoms with Crippen LogP contribution in [0.25, 0.3) is 10.8 Å². The van der Waals surface area contributed by atoms with Gasteiger partial charge in [-0.15, -0.1) is 0 Å². The van der Waals surface area contributed by atoms with Gasteiger partial charge in [-0.1, -0.05) is 43.0 Å². The predicted octanol–water partition coefficient (Wildman–Crippen LogP) is 3.78. The summed E-state index contributed by atoms with van der Waals surface area (Å²) in [4.78, 5) is 31.2. The van der Waals surface area contributed by atoms with Gasteiger partial charge in [0.2, 0.25) is 5.91 Å². The van der Waals surface area contributed by atoms with Gasteiger partial charge in [-0.05, 0) is 50.4 Å². The number of ether oxygens (including phenoxy) is 1. The van der Waals surface area contributed by atoms with E-state index in [1.165, 1.54) is 29.0 Å². The van der Waals surface area contributed by atoms with Gasteiger partial charge in [0.05, 0.1) is 30.8 Å². The zero-order chi connectivity index (χ0) is 28.3. The summed E-state index contributed by atoms with van der Waals surface area (Å²) in [5.41, 5.74) is 3.31. The zero-order valence-electron chi connectivity index (χ0n) is 23.7. The average Bonchev–Trinajstić information content (AvgIpc) is 3.43. The summed E-state index contributed by atoms with van der Waals surface area (Å²) in [7, 11) is 2.14. The lowest BCUT2D eigenvalue weighted by atomic mass is 10.0. The van der Waals surface area contributed by atoms with Crippen LogP contribution >= 0.6 is 0 Å². The van der Waals surface area contributed by atoms with Crippen molar-refractivity contribution in [2.24, 2.45) is 0 Å². The minimum absolute atomic E-state index is 0.134. The number of amides is 1. The quantitative estimate of drug-likeness (QED) is 0.410. The van der Waals surface area contributed by atoms with Crippen LogP contribution in [0.4, 0.5) is 11.5 Å². The van der Waals surface area contributed by atoms with Crippen molar-refractivity contribution in [2.45, 2.75) is 44.3 Å². The van der Waals surface area contributed by atoms with Crippen LogP contribution in [0.2, 0.25) is 0 Å². The van der Waals surface area contributed by atoms with E-state index in [1.54, 1.807) is 4.90 Å². The van der Waals surface area contributed by atoms with Crippen LogP contribution < -0.4 is 14.5 Å². The van der Waals surface area contributed by atoms with Crippen molar-refractivity contribution in [3.63, 3.8) is 0 Å². The third-order valence-corrected chi connectivity index (χ3v) is 8.77. The molecular weight excluding hydrogens is 514 g/mol. The molecule has 212 valence electrons. The molecule has 2 fully saturated rings. The van der Waals surface area contributed by atoms with Gasteiger partial charge in [-0.25, -0.2) is 0 Å². The van der Waals surface area contributed by atoms with E-state index in [0.29, 0.717) is 44.8 Å². The molecule has 0 aliphatic carbocycles. The number of benzene rings is 2. The Morgan fingerprint density at radius 1 is 1.10 bits per heavy atom. The maximum absolute atomic E-state index is 12.5. The molecular formula is C32H37N7O2. The van der Waals surface area contributed by atoms with E-state index in [1.807, 2.05) is 0 Å². The molecule has 2 aromatic carbocycles. The summed E-state index contributed by atoms with van der Waals surface area (Å²) in [5.74, 6) is 0.737. The number of carbonyl (C=O) groups is 1. The first-order valence-corrected chi connectivity index (χ1v) is 14.6. The lowest BCUT2D eigenvalue weighted by Crippen LogP contribution is -2.55. The number of nitrogens with zero attached hydrogens (tertiary/aromatic N) is 7. The minimum Gasteiger partial charge on any atom is -0.462 e. The number of hydrogen-bond acceptors (Lipinski definition) is 8. The Labute approximate surface area is 241 Å². The molecule has 6 rings (SSSR count). The van der Waals surface area contributed by atoms with Crippen LogP contribution in [-0.2, 0) is 17.8 Å². The Balaban J connectivity index is 1.33. The number of nitriles is 1.